The lowest BCUT2D eigenvalue weighted by Gasteiger charge is -2.34. The predicted octanol–water partition coefficient (Wildman–Crippen LogP) is 2.15. The van der Waals surface area contributed by atoms with Gasteiger partial charge >= 0.3 is 0 Å². The molecule has 1 fully saturated rings. The van der Waals surface area contributed by atoms with Crippen LogP contribution in [-0.4, -0.2) is 56.1 Å². The lowest BCUT2D eigenvalue weighted by atomic mass is 9.85. The van der Waals surface area contributed by atoms with Crippen molar-refractivity contribution in [3.8, 4) is 0 Å². The minimum atomic E-state index is 0.325. The Morgan fingerprint density at radius 1 is 1.14 bits per heavy atom. The first-order valence-electron chi connectivity index (χ1n) is 8.28. The van der Waals surface area contributed by atoms with Crippen molar-refractivity contribution in [3.63, 3.8) is 0 Å². The van der Waals surface area contributed by atoms with Gasteiger partial charge in [-0.1, -0.05) is 38.1 Å². The fourth-order valence-electron chi connectivity index (χ4n) is 3.82. The Hall–Kier alpha value is -0.900. The van der Waals surface area contributed by atoms with Gasteiger partial charge in [0.15, 0.2) is 0 Å². The highest BCUT2D eigenvalue weighted by atomic mass is 15.2. The number of likely N-dealkylation sites (N-methyl/N-ethyl adjacent to an activating group) is 1. The summed E-state index contributed by atoms with van der Waals surface area (Å²) in [4.78, 5) is 5.00. The van der Waals surface area contributed by atoms with Crippen molar-refractivity contribution in [2.24, 2.45) is 5.41 Å². The van der Waals surface area contributed by atoms with Crippen LogP contribution in [0.2, 0.25) is 0 Å². The number of benzene rings is 1. The topological polar surface area (TPSA) is 18.5 Å². The van der Waals surface area contributed by atoms with Crippen molar-refractivity contribution >= 4 is 0 Å². The number of fused-ring (bicyclic) bond motifs is 1. The highest BCUT2D eigenvalue weighted by Gasteiger charge is 2.38. The van der Waals surface area contributed by atoms with Crippen LogP contribution in [-0.2, 0) is 6.42 Å². The van der Waals surface area contributed by atoms with Crippen LogP contribution in [0.5, 0.6) is 0 Å². The van der Waals surface area contributed by atoms with Crippen LogP contribution in [0, 0.1) is 5.41 Å². The monoisotopic (exact) mass is 287 g/mol. The third-order valence-electron chi connectivity index (χ3n) is 5.17. The second kappa shape index (κ2) is 6.07. The van der Waals surface area contributed by atoms with Gasteiger partial charge in [-0.15, -0.1) is 0 Å². The van der Waals surface area contributed by atoms with E-state index in [0.717, 1.165) is 6.54 Å². The summed E-state index contributed by atoms with van der Waals surface area (Å²) in [6.07, 6.45) is 1.19. The number of nitrogens with zero attached hydrogens (tertiary/aromatic N) is 2. The molecule has 1 saturated heterocycles. The van der Waals surface area contributed by atoms with E-state index in [4.69, 9.17) is 0 Å². The van der Waals surface area contributed by atoms with Gasteiger partial charge in [0.2, 0.25) is 0 Å². The Morgan fingerprint density at radius 2 is 1.86 bits per heavy atom. The minimum absolute atomic E-state index is 0.325. The van der Waals surface area contributed by atoms with E-state index in [1.54, 1.807) is 0 Å². The maximum atomic E-state index is 3.83. The summed E-state index contributed by atoms with van der Waals surface area (Å²) in [5.41, 5.74) is 3.37. The summed E-state index contributed by atoms with van der Waals surface area (Å²) in [5, 5.41) is 3.83. The lowest BCUT2D eigenvalue weighted by Crippen LogP contribution is -2.47. The zero-order chi connectivity index (χ0) is 14.9. The normalized spacial score (nSPS) is 26.0. The van der Waals surface area contributed by atoms with Gasteiger partial charge in [0, 0.05) is 45.3 Å². The first kappa shape index (κ1) is 15.0. The molecule has 0 aromatic heterocycles. The standard InChI is InChI=1S/C18H29N3/c1-18(2)14-15-6-4-5-7-16(15)17(18)19-8-9-21-12-10-20(3)11-13-21/h4-7,17,19H,8-14H2,1-3H3. The fourth-order valence-corrected chi connectivity index (χ4v) is 3.82. The second-order valence-electron chi connectivity index (χ2n) is 7.40. The maximum Gasteiger partial charge on any atom is 0.0378 e. The van der Waals surface area contributed by atoms with E-state index in [0.29, 0.717) is 11.5 Å². The van der Waals surface area contributed by atoms with Gasteiger partial charge < -0.3 is 10.2 Å². The van der Waals surface area contributed by atoms with E-state index in [1.165, 1.54) is 50.3 Å². The Labute approximate surface area is 129 Å². The molecule has 0 spiro atoms. The van der Waals surface area contributed by atoms with Crippen molar-refractivity contribution in [2.45, 2.75) is 26.3 Å². The first-order chi connectivity index (χ1) is 10.1. The van der Waals surface area contributed by atoms with Crippen LogP contribution >= 0.6 is 0 Å². The third kappa shape index (κ3) is 3.31. The molecule has 1 aliphatic heterocycles. The molecule has 1 aromatic carbocycles. The van der Waals surface area contributed by atoms with E-state index < -0.39 is 0 Å². The molecule has 2 aliphatic rings. The Balaban J connectivity index is 1.55. The zero-order valence-corrected chi connectivity index (χ0v) is 13.7. The van der Waals surface area contributed by atoms with Crippen molar-refractivity contribution in [3.05, 3.63) is 35.4 Å². The van der Waals surface area contributed by atoms with Crippen molar-refractivity contribution in [1.29, 1.82) is 0 Å². The molecule has 0 saturated carbocycles. The molecule has 116 valence electrons. The second-order valence-corrected chi connectivity index (χ2v) is 7.40. The average Bonchev–Trinajstić information content (AvgIpc) is 2.71. The van der Waals surface area contributed by atoms with Crippen molar-refractivity contribution in [1.82, 2.24) is 15.1 Å². The highest BCUT2D eigenvalue weighted by molar-refractivity contribution is 5.37. The summed E-state index contributed by atoms with van der Waals surface area (Å²) in [6.45, 7) is 11.9. The van der Waals surface area contributed by atoms with Crippen LogP contribution in [0.25, 0.3) is 0 Å². The molecule has 1 unspecified atom stereocenters. The van der Waals surface area contributed by atoms with Gasteiger partial charge in [-0.25, -0.2) is 0 Å². The molecule has 3 nitrogen and oxygen atoms in total. The molecule has 3 rings (SSSR count). The van der Waals surface area contributed by atoms with Gasteiger partial charge in [0.25, 0.3) is 0 Å². The molecule has 0 radical (unpaired) electrons. The van der Waals surface area contributed by atoms with E-state index in [2.05, 4.69) is 60.3 Å². The number of piperazine rings is 1. The Bertz CT molecular complexity index is 475. The van der Waals surface area contributed by atoms with E-state index in [-0.39, 0.29) is 0 Å². The molecule has 3 heteroatoms. The number of hydrogen-bond donors (Lipinski definition) is 1. The van der Waals surface area contributed by atoms with Gasteiger partial charge in [-0.05, 0) is 30.0 Å². The number of rotatable bonds is 4. The number of hydrogen-bond acceptors (Lipinski definition) is 3. The van der Waals surface area contributed by atoms with Gasteiger partial charge in [0.1, 0.15) is 0 Å². The SMILES string of the molecule is CN1CCN(CCNC2c3ccccc3CC2(C)C)CC1. The lowest BCUT2D eigenvalue weighted by molar-refractivity contribution is 0.150. The number of nitrogens with one attached hydrogen (secondary N) is 1. The van der Waals surface area contributed by atoms with Crippen LogP contribution < -0.4 is 5.32 Å². The van der Waals surface area contributed by atoms with Gasteiger partial charge in [0.05, 0.1) is 0 Å². The minimum Gasteiger partial charge on any atom is -0.308 e. The highest BCUT2D eigenvalue weighted by Crippen LogP contribution is 2.44. The molecule has 1 aromatic rings. The van der Waals surface area contributed by atoms with Crippen LogP contribution in [0.3, 0.4) is 0 Å². The van der Waals surface area contributed by atoms with Crippen molar-refractivity contribution < 1.29 is 0 Å². The Kier molecular flexibility index (Phi) is 4.34. The van der Waals surface area contributed by atoms with E-state index in [1.807, 2.05) is 0 Å². The molecule has 0 amide bonds. The molecule has 0 bridgehead atoms. The molecule has 1 atom stereocenters. The van der Waals surface area contributed by atoms with Gasteiger partial charge in [-0.2, -0.15) is 0 Å². The third-order valence-corrected chi connectivity index (χ3v) is 5.17. The van der Waals surface area contributed by atoms with E-state index in [9.17, 15) is 0 Å². The van der Waals surface area contributed by atoms with Crippen molar-refractivity contribution in [2.75, 3.05) is 46.3 Å². The molecular weight excluding hydrogens is 258 g/mol. The zero-order valence-electron chi connectivity index (χ0n) is 13.7. The fraction of sp³-hybridized carbons (Fsp3) is 0.667. The van der Waals surface area contributed by atoms with Crippen LogP contribution in [0.1, 0.15) is 31.0 Å². The summed E-state index contributed by atoms with van der Waals surface area (Å²) in [5.74, 6) is 0. The summed E-state index contributed by atoms with van der Waals surface area (Å²) < 4.78 is 0. The average molecular weight is 287 g/mol. The summed E-state index contributed by atoms with van der Waals surface area (Å²) >= 11 is 0. The molecule has 1 N–H and O–H groups in total. The molecule has 1 heterocycles. The largest absolute Gasteiger partial charge is 0.308 e. The predicted molar refractivity (Wildman–Crippen MR) is 88.6 cm³/mol. The van der Waals surface area contributed by atoms with Crippen LogP contribution in [0.4, 0.5) is 0 Å². The van der Waals surface area contributed by atoms with E-state index >= 15 is 0 Å². The summed E-state index contributed by atoms with van der Waals surface area (Å²) in [6, 6.07) is 9.44. The maximum absolute atomic E-state index is 3.83. The first-order valence-corrected chi connectivity index (χ1v) is 8.28. The van der Waals surface area contributed by atoms with Crippen LogP contribution in [0.15, 0.2) is 24.3 Å². The molecular formula is C18H29N3. The molecule has 1 aliphatic carbocycles. The quantitative estimate of drug-likeness (QED) is 0.915. The molecule has 21 heavy (non-hydrogen) atoms. The summed E-state index contributed by atoms with van der Waals surface area (Å²) in [7, 11) is 2.22. The van der Waals surface area contributed by atoms with Gasteiger partial charge in [-0.3, -0.25) is 4.90 Å². The Morgan fingerprint density at radius 3 is 2.62 bits per heavy atom. The smallest absolute Gasteiger partial charge is 0.0378 e.